The molecule has 1 saturated heterocycles. The van der Waals surface area contributed by atoms with Gasteiger partial charge < -0.3 is 4.90 Å². The maximum absolute atomic E-state index is 12.5. The minimum atomic E-state index is -0.817. The number of nitrogens with zero attached hydrogens (tertiary/aromatic N) is 5. The molecule has 1 aromatic heterocycles. The van der Waals surface area contributed by atoms with Crippen LogP contribution in [0.15, 0.2) is 30.6 Å². The average molecular weight is 455 g/mol. The molecule has 0 radical (unpaired) electrons. The van der Waals surface area contributed by atoms with Gasteiger partial charge in [0.15, 0.2) is 0 Å². The zero-order valence-electron chi connectivity index (χ0n) is 18.6. The van der Waals surface area contributed by atoms with E-state index in [1.54, 1.807) is 0 Å². The van der Waals surface area contributed by atoms with Crippen LogP contribution in [0, 0.1) is 31.1 Å². The van der Waals surface area contributed by atoms with Crippen LogP contribution in [0.1, 0.15) is 50.4 Å². The molecule has 0 spiro atoms. The van der Waals surface area contributed by atoms with E-state index in [2.05, 4.69) is 41.6 Å². The fraction of sp³-hybridized carbons (Fsp3) is 0.476. The highest BCUT2D eigenvalue weighted by molar-refractivity contribution is 5.98. The van der Waals surface area contributed by atoms with Gasteiger partial charge in [-0.15, -0.1) is 0 Å². The second kappa shape index (κ2) is 7.94. The lowest BCUT2D eigenvalue weighted by atomic mass is 9.65. The Kier molecular flexibility index (Phi) is 5.38. The zero-order valence-corrected chi connectivity index (χ0v) is 18.6. The van der Waals surface area contributed by atoms with Crippen LogP contribution in [0.2, 0.25) is 0 Å². The fourth-order valence-corrected chi connectivity index (χ4v) is 5.55. The summed E-state index contributed by atoms with van der Waals surface area (Å²) in [6.45, 7) is 7.25. The first-order valence-electron chi connectivity index (χ1n) is 10.6. The Balaban J connectivity index is 1.62. The number of para-hydroxylation sites is 1. The minimum absolute atomic E-state index is 0.0271. The molecule has 2 N–H and O–H groups in total. The Hall–Kier alpha value is -3.83. The molecule has 2 unspecified atom stereocenters. The van der Waals surface area contributed by atoms with Crippen molar-refractivity contribution in [2.75, 3.05) is 16.9 Å². The van der Waals surface area contributed by atoms with Crippen molar-refractivity contribution in [3.63, 3.8) is 0 Å². The number of rotatable bonds is 6. The van der Waals surface area contributed by atoms with Crippen molar-refractivity contribution >= 4 is 28.9 Å². The molecule has 1 aliphatic carbocycles. The highest BCUT2D eigenvalue weighted by Gasteiger charge is 2.51. The summed E-state index contributed by atoms with van der Waals surface area (Å²) in [5, 5.41) is 23.2. The summed E-state index contributed by atoms with van der Waals surface area (Å²) in [7, 11) is 0. The van der Waals surface area contributed by atoms with E-state index >= 15 is 0 Å². The number of anilines is 2. The maximum Gasteiger partial charge on any atom is 0.355 e. The van der Waals surface area contributed by atoms with Crippen LogP contribution in [-0.4, -0.2) is 38.3 Å². The first kappa shape index (κ1) is 22.4. The highest BCUT2D eigenvalue weighted by atomic mass is 16.6. The Morgan fingerprint density at radius 2 is 1.85 bits per heavy atom. The number of hydrogen-bond donors (Lipinski definition) is 2. The summed E-state index contributed by atoms with van der Waals surface area (Å²) < 4.78 is 0. The lowest BCUT2D eigenvalue weighted by Gasteiger charge is -2.39. The van der Waals surface area contributed by atoms with Crippen LogP contribution in [0.5, 0.6) is 0 Å². The Morgan fingerprint density at radius 1 is 1.12 bits per heavy atom. The van der Waals surface area contributed by atoms with E-state index in [9.17, 15) is 25.0 Å². The minimum Gasteiger partial charge on any atom is -0.347 e. The van der Waals surface area contributed by atoms with Crippen LogP contribution in [0.25, 0.3) is 0 Å². The van der Waals surface area contributed by atoms with Gasteiger partial charge in [-0.25, -0.2) is 9.97 Å². The third-order valence-corrected chi connectivity index (χ3v) is 6.31. The fourth-order valence-electron chi connectivity index (χ4n) is 5.55. The van der Waals surface area contributed by atoms with Gasteiger partial charge in [-0.05, 0) is 36.2 Å². The number of nitro groups is 2. The van der Waals surface area contributed by atoms with Crippen LogP contribution < -0.4 is 15.8 Å². The molecule has 33 heavy (non-hydrogen) atoms. The van der Waals surface area contributed by atoms with E-state index in [-0.39, 0.29) is 45.4 Å². The average Bonchev–Trinajstić information content (AvgIpc) is 2.99. The highest BCUT2D eigenvalue weighted by Crippen LogP contribution is 2.54. The molecule has 1 saturated carbocycles. The predicted octanol–water partition coefficient (Wildman–Crippen LogP) is 3.45. The smallest absolute Gasteiger partial charge is 0.347 e. The summed E-state index contributed by atoms with van der Waals surface area (Å²) in [5.74, 6) is -0.810. The van der Waals surface area contributed by atoms with Gasteiger partial charge in [0.05, 0.1) is 9.85 Å². The number of hydrogen-bond acceptors (Lipinski definition) is 9. The standard InChI is InChI=1S/C21H25N7O5/c1-20(2)8-13-9-21(3,10-20)11-26(13)18-16(28(32)33)17(22-12-23-18)24-25-19(29)14-6-4-5-7-15(14)27(30)31/h4-7,12-13H,8-11H2,1-3H3,(H,25,29)(H,22,23,24). The van der Waals surface area contributed by atoms with E-state index in [0.717, 1.165) is 19.3 Å². The van der Waals surface area contributed by atoms with Crippen molar-refractivity contribution in [2.45, 2.75) is 46.1 Å². The largest absolute Gasteiger partial charge is 0.355 e. The number of hydrazine groups is 1. The Bertz CT molecular complexity index is 1140. The molecular formula is C21H25N7O5. The van der Waals surface area contributed by atoms with Crippen LogP contribution in [0.3, 0.4) is 0 Å². The SMILES string of the molecule is CC1(C)CC2CC(C)(CN2c2ncnc(NNC(=O)c3ccccc3[N+](=O)[O-])c2[N+](=O)[O-])C1. The predicted molar refractivity (Wildman–Crippen MR) is 120 cm³/mol. The molecule has 1 amide bonds. The number of fused-ring (bicyclic) bond motifs is 2. The molecule has 12 heteroatoms. The van der Waals surface area contributed by atoms with Crippen LogP contribution >= 0.6 is 0 Å². The van der Waals surface area contributed by atoms with Gasteiger partial charge in [0, 0.05) is 18.7 Å². The molecule has 174 valence electrons. The lowest BCUT2D eigenvalue weighted by Crippen LogP contribution is -2.35. The number of carbonyl (C=O) groups excluding carboxylic acids is 1. The van der Waals surface area contributed by atoms with E-state index in [1.807, 2.05) is 4.90 Å². The summed E-state index contributed by atoms with van der Waals surface area (Å²) in [6.07, 6.45) is 4.04. The first-order chi connectivity index (χ1) is 15.5. The van der Waals surface area contributed by atoms with Gasteiger partial charge >= 0.3 is 5.69 Å². The summed E-state index contributed by atoms with van der Waals surface area (Å²) >= 11 is 0. The van der Waals surface area contributed by atoms with E-state index in [0.29, 0.717) is 6.54 Å². The van der Waals surface area contributed by atoms with Crippen molar-refractivity contribution in [3.8, 4) is 0 Å². The molecule has 2 fully saturated rings. The van der Waals surface area contributed by atoms with Crippen molar-refractivity contribution in [3.05, 3.63) is 56.4 Å². The van der Waals surface area contributed by atoms with Crippen molar-refractivity contribution in [2.24, 2.45) is 10.8 Å². The second-order valence-corrected chi connectivity index (χ2v) is 9.85. The summed E-state index contributed by atoms with van der Waals surface area (Å²) in [5.41, 5.74) is 3.98. The lowest BCUT2D eigenvalue weighted by molar-refractivity contribution is -0.385. The van der Waals surface area contributed by atoms with Gasteiger partial charge in [-0.1, -0.05) is 32.9 Å². The summed E-state index contributed by atoms with van der Waals surface area (Å²) in [4.78, 5) is 44.6. The van der Waals surface area contributed by atoms with Gasteiger partial charge in [0.25, 0.3) is 11.6 Å². The molecule has 2 atom stereocenters. The molecule has 2 aliphatic rings. The summed E-state index contributed by atoms with van der Waals surface area (Å²) in [6, 6.07) is 5.54. The Labute approximate surface area is 189 Å². The maximum atomic E-state index is 12.5. The molecule has 1 aromatic carbocycles. The van der Waals surface area contributed by atoms with Crippen molar-refractivity contribution in [1.82, 2.24) is 15.4 Å². The third kappa shape index (κ3) is 4.28. The van der Waals surface area contributed by atoms with E-state index in [4.69, 9.17) is 0 Å². The quantitative estimate of drug-likeness (QED) is 0.492. The van der Waals surface area contributed by atoms with Crippen molar-refractivity contribution < 1.29 is 14.6 Å². The number of aromatic nitrogens is 2. The van der Waals surface area contributed by atoms with Gasteiger partial charge in [0.2, 0.25) is 11.6 Å². The normalized spacial score (nSPS) is 23.1. The number of nitrogens with one attached hydrogen (secondary N) is 2. The van der Waals surface area contributed by atoms with Crippen molar-refractivity contribution in [1.29, 1.82) is 0 Å². The zero-order chi connectivity index (χ0) is 24.0. The molecule has 2 heterocycles. The van der Waals surface area contributed by atoms with Gasteiger partial charge in [0.1, 0.15) is 11.9 Å². The van der Waals surface area contributed by atoms with Gasteiger partial charge in [-0.2, -0.15) is 0 Å². The molecule has 2 aromatic rings. The number of amides is 1. The first-order valence-corrected chi connectivity index (χ1v) is 10.6. The number of nitro benzene ring substituents is 1. The van der Waals surface area contributed by atoms with Crippen LogP contribution in [-0.2, 0) is 0 Å². The second-order valence-electron chi connectivity index (χ2n) is 9.85. The van der Waals surface area contributed by atoms with E-state index in [1.165, 1.54) is 30.6 Å². The molecule has 12 nitrogen and oxygen atoms in total. The topological polar surface area (TPSA) is 156 Å². The monoisotopic (exact) mass is 455 g/mol. The molecular weight excluding hydrogens is 430 g/mol. The van der Waals surface area contributed by atoms with E-state index < -0.39 is 15.8 Å². The Morgan fingerprint density at radius 3 is 2.55 bits per heavy atom. The molecule has 2 bridgehead atoms. The van der Waals surface area contributed by atoms with Gasteiger partial charge in [-0.3, -0.25) is 35.9 Å². The number of carbonyl (C=O) groups is 1. The molecule has 4 rings (SSSR count). The van der Waals surface area contributed by atoms with Crippen LogP contribution in [0.4, 0.5) is 23.0 Å². The third-order valence-electron chi connectivity index (χ3n) is 6.31. The molecule has 1 aliphatic heterocycles. The number of benzene rings is 1.